The fraction of sp³-hybridized carbons (Fsp3) is 0.667. The second kappa shape index (κ2) is 8.39. The molecule has 0 saturated heterocycles. The van der Waals surface area contributed by atoms with Crippen LogP contribution in [0, 0.1) is 0 Å². The Hall–Kier alpha value is -0.609. The monoisotopic (exact) mass is 400 g/mol. The van der Waals surface area contributed by atoms with Gasteiger partial charge in [-0.1, -0.05) is 6.07 Å². The topological polar surface area (TPSA) is 36.9 Å². The molecule has 4 nitrogen and oxygen atoms in total. The molecule has 0 heterocycles. The minimum atomic E-state index is -1.74. The zero-order valence-corrected chi connectivity index (χ0v) is 20.6. The van der Waals surface area contributed by atoms with Gasteiger partial charge in [0.2, 0.25) is 8.32 Å². The van der Waals surface area contributed by atoms with Crippen molar-refractivity contribution < 1.29 is 18.0 Å². The quantitative estimate of drug-likeness (QED) is 0.502. The van der Waals surface area contributed by atoms with E-state index in [4.69, 9.17) is 18.0 Å². The number of methoxy groups -OCH3 is 1. The molecule has 0 radical (unpaired) electrons. The van der Waals surface area contributed by atoms with E-state index in [1.165, 1.54) is 0 Å². The van der Waals surface area contributed by atoms with Crippen molar-refractivity contribution in [3.8, 4) is 11.5 Å². The first-order valence-electron chi connectivity index (χ1n) is 8.89. The van der Waals surface area contributed by atoms with Crippen molar-refractivity contribution in [2.45, 2.75) is 65.0 Å². The van der Waals surface area contributed by atoms with Gasteiger partial charge >= 0.3 is 0 Å². The van der Waals surface area contributed by atoms with Gasteiger partial charge in [-0.05, 0) is 76.6 Å². The number of benzene rings is 1. The van der Waals surface area contributed by atoms with Gasteiger partial charge in [-0.15, -0.1) is 0 Å². The molecular formula is C18H36O4Si3. The van der Waals surface area contributed by atoms with Gasteiger partial charge in [-0.2, -0.15) is 0 Å². The van der Waals surface area contributed by atoms with Crippen LogP contribution in [-0.4, -0.2) is 38.7 Å². The zero-order valence-electron chi connectivity index (χ0n) is 17.6. The molecule has 0 fully saturated rings. The van der Waals surface area contributed by atoms with Crippen LogP contribution in [0.15, 0.2) is 18.2 Å². The zero-order chi connectivity index (χ0) is 19.5. The molecule has 0 amide bonds. The maximum atomic E-state index is 6.43. The van der Waals surface area contributed by atoms with Gasteiger partial charge in [0.15, 0.2) is 22.4 Å². The highest BCUT2D eigenvalue weighted by Crippen LogP contribution is 2.34. The van der Waals surface area contributed by atoms with Gasteiger partial charge in [0.25, 0.3) is 0 Å². The average Bonchev–Trinajstić information content (AvgIpc) is 2.39. The number of ether oxygens (including phenoxy) is 1. The van der Waals surface area contributed by atoms with E-state index in [1.807, 2.05) is 6.07 Å². The lowest BCUT2D eigenvalue weighted by molar-refractivity contribution is 0.119. The summed E-state index contributed by atoms with van der Waals surface area (Å²) in [5.74, 6) is 1.57. The second-order valence-electron chi connectivity index (χ2n) is 9.27. The first-order valence-corrected chi connectivity index (χ1v) is 19.1. The van der Waals surface area contributed by atoms with E-state index in [-0.39, 0.29) is 6.10 Å². The van der Waals surface area contributed by atoms with Crippen molar-refractivity contribution in [1.29, 1.82) is 0 Å². The molecule has 0 aromatic heterocycles. The van der Waals surface area contributed by atoms with Gasteiger partial charge in [-0.25, -0.2) is 0 Å². The molecule has 0 N–H and O–H groups in total. The van der Waals surface area contributed by atoms with Crippen LogP contribution in [0.4, 0.5) is 0 Å². The van der Waals surface area contributed by atoms with E-state index < -0.39 is 25.0 Å². The molecule has 1 aromatic carbocycles. The lowest BCUT2D eigenvalue weighted by Gasteiger charge is -2.30. The van der Waals surface area contributed by atoms with Crippen LogP contribution in [0.1, 0.15) is 11.7 Å². The largest absolute Gasteiger partial charge is 0.542 e. The molecule has 0 spiro atoms. The van der Waals surface area contributed by atoms with Crippen LogP contribution in [0.5, 0.6) is 11.5 Å². The van der Waals surface area contributed by atoms with E-state index in [9.17, 15) is 0 Å². The predicted molar refractivity (Wildman–Crippen MR) is 113 cm³/mol. The van der Waals surface area contributed by atoms with Gasteiger partial charge < -0.3 is 18.0 Å². The Balaban J connectivity index is 3.17. The van der Waals surface area contributed by atoms with Crippen LogP contribution < -0.4 is 9.16 Å². The molecule has 1 aromatic rings. The summed E-state index contributed by atoms with van der Waals surface area (Å²) in [6, 6.07) is 6.10. The Labute approximate surface area is 157 Å². The summed E-state index contributed by atoms with van der Waals surface area (Å²) in [6.07, 6.45) is -0.0757. The van der Waals surface area contributed by atoms with Crippen LogP contribution >= 0.6 is 0 Å². The first kappa shape index (κ1) is 22.4. The summed E-state index contributed by atoms with van der Waals surface area (Å²) in [5, 5.41) is 0. The van der Waals surface area contributed by atoms with Crippen molar-refractivity contribution in [3.05, 3.63) is 23.8 Å². The Morgan fingerprint density at radius 2 is 1.40 bits per heavy atom. The SMILES string of the molecule is COc1ccc(C(CO[Si](C)(C)C)O[Si](C)(C)C)cc1O[Si](C)(C)C. The minimum Gasteiger partial charge on any atom is -0.542 e. The molecule has 144 valence electrons. The third-order valence-electron chi connectivity index (χ3n) is 3.14. The number of rotatable bonds is 9. The summed E-state index contributed by atoms with van der Waals surface area (Å²) in [4.78, 5) is 0. The summed E-state index contributed by atoms with van der Waals surface area (Å²) in [6.45, 7) is 20.3. The smallest absolute Gasteiger partial charge is 0.242 e. The van der Waals surface area contributed by atoms with Crippen LogP contribution in [0.2, 0.25) is 58.9 Å². The standard InChI is InChI=1S/C18H36O4Si3/c1-19-16-12-11-15(13-17(16)21-24(5,6)7)18(22-25(8,9)10)14-20-23(2,3)4/h11-13,18H,14H2,1-10H3. The maximum Gasteiger partial charge on any atom is 0.242 e. The predicted octanol–water partition coefficient (Wildman–Crippen LogP) is 5.65. The second-order valence-corrected chi connectivity index (χ2v) is 22.7. The van der Waals surface area contributed by atoms with Gasteiger partial charge in [0, 0.05) is 0 Å². The van der Waals surface area contributed by atoms with E-state index >= 15 is 0 Å². The number of hydrogen-bond donors (Lipinski definition) is 0. The fourth-order valence-corrected chi connectivity index (χ4v) is 4.78. The molecule has 7 heteroatoms. The Morgan fingerprint density at radius 3 is 1.84 bits per heavy atom. The third-order valence-corrected chi connectivity index (χ3v) is 6.00. The fourth-order valence-electron chi connectivity index (χ4n) is 2.25. The molecule has 1 atom stereocenters. The Kier molecular flexibility index (Phi) is 7.53. The van der Waals surface area contributed by atoms with Crippen LogP contribution in [0.25, 0.3) is 0 Å². The van der Waals surface area contributed by atoms with Gasteiger partial charge in [0.1, 0.15) is 5.75 Å². The van der Waals surface area contributed by atoms with E-state index in [1.54, 1.807) is 7.11 Å². The molecule has 0 aliphatic carbocycles. The van der Waals surface area contributed by atoms with E-state index in [0.29, 0.717) is 6.61 Å². The van der Waals surface area contributed by atoms with Crippen molar-refractivity contribution >= 4 is 25.0 Å². The average molecular weight is 401 g/mol. The Morgan fingerprint density at radius 1 is 0.800 bits per heavy atom. The van der Waals surface area contributed by atoms with Crippen LogP contribution in [0.3, 0.4) is 0 Å². The van der Waals surface area contributed by atoms with Crippen molar-refractivity contribution in [2.75, 3.05) is 13.7 Å². The summed E-state index contributed by atoms with van der Waals surface area (Å²) in [7, 11) is -3.38. The molecule has 0 bridgehead atoms. The normalized spacial score (nSPS) is 14.3. The molecule has 0 saturated carbocycles. The molecule has 0 aliphatic rings. The highest BCUT2D eigenvalue weighted by atomic mass is 28.4. The highest BCUT2D eigenvalue weighted by molar-refractivity contribution is 6.70. The van der Waals surface area contributed by atoms with Crippen molar-refractivity contribution in [3.63, 3.8) is 0 Å². The maximum absolute atomic E-state index is 6.43. The number of hydrogen-bond acceptors (Lipinski definition) is 4. The van der Waals surface area contributed by atoms with Crippen LogP contribution in [-0.2, 0) is 8.85 Å². The van der Waals surface area contributed by atoms with Gasteiger partial charge in [0.05, 0.1) is 19.8 Å². The van der Waals surface area contributed by atoms with Crippen molar-refractivity contribution in [1.82, 2.24) is 0 Å². The lowest BCUT2D eigenvalue weighted by atomic mass is 10.1. The molecular weight excluding hydrogens is 364 g/mol. The molecule has 25 heavy (non-hydrogen) atoms. The molecule has 0 aliphatic heterocycles. The highest BCUT2D eigenvalue weighted by Gasteiger charge is 2.27. The Bertz CT molecular complexity index is 557. The minimum absolute atomic E-state index is 0.0757. The van der Waals surface area contributed by atoms with E-state index in [2.05, 4.69) is 71.1 Å². The summed E-state index contributed by atoms with van der Waals surface area (Å²) in [5.41, 5.74) is 1.09. The van der Waals surface area contributed by atoms with E-state index in [0.717, 1.165) is 17.1 Å². The van der Waals surface area contributed by atoms with Crippen molar-refractivity contribution in [2.24, 2.45) is 0 Å². The first-order chi connectivity index (χ1) is 11.2. The van der Waals surface area contributed by atoms with Gasteiger partial charge in [-0.3, -0.25) is 0 Å². The lowest BCUT2D eigenvalue weighted by Crippen LogP contribution is -2.34. The third kappa shape index (κ3) is 9.05. The molecule has 1 rings (SSSR count). The summed E-state index contributed by atoms with van der Waals surface area (Å²) >= 11 is 0. The molecule has 1 unspecified atom stereocenters. The summed E-state index contributed by atoms with van der Waals surface area (Å²) < 4.78 is 24.3.